The molecule has 1 saturated heterocycles. The second-order valence-electron chi connectivity index (χ2n) is 4.44. The summed E-state index contributed by atoms with van der Waals surface area (Å²) in [5.74, 6) is 0.0589. The first-order valence-corrected chi connectivity index (χ1v) is 5.58. The highest BCUT2D eigenvalue weighted by Gasteiger charge is 2.29. The number of nitrogens with two attached hydrogens (primary N) is 1. The van der Waals surface area contributed by atoms with Gasteiger partial charge in [-0.2, -0.15) is 0 Å². The van der Waals surface area contributed by atoms with Gasteiger partial charge in [0.1, 0.15) is 5.84 Å². The number of aliphatic hydroxyl groups excluding tert-OH is 2. The Labute approximate surface area is 100.0 Å². The van der Waals surface area contributed by atoms with Crippen LogP contribution in [0.3, 0.4) is 0 Å². The van der Waals surface area contributed by atoms with Crippen molar-refractivity contribution in [1.82, 2.24) is 4.90 Å². The van der Waals surface area contributed by atoms with E-state index in [9.17, 15) is 10.2 Å². The highest BCUT2D eigenvalue weighted by Crippen LogP contribution is 2.14. The number of hydrogen-bond donors (Lipinski definition) is 4. The van der Waals surface area contributed by atoms with E-state index in [1.165, 1.54) is 0 Å². The van der Waals surface area contributed by atoms with Crippen molar-refractivity contribution in [2.24, 2.45) is 5.73 Å². The van der Waals surface area contributed by atoms with E-state index in [1.54, 1.807) is 12.1 Å². The van der Waals surface area contributed by atoms with Gasteiger partial charge in [-0.3, -0.25) is 10.3 Å². The van der Waals surface area contributed by atoms with Gasteiger partial charge >= 0.3 is 0 Å². The lowest BCUT2D eigenvalue weighted by Gasteiger charge is -2.14. The molecule has 0 aliphatic carbocycles. The number of nitrogens with one attached hydrogen (secondary N) is 1. The van der Waals surface area contributed by atoms with Crippen LogP contribution in [0, 0.1) is 5.41 Å². The van der Waals surface area contributed by atoms with Gasteiger partial charge in [-0.15, -0.1) is 0 Å². The monoisotopic (exact) mass is 235 g/mol. The van der Waals surface area contributed by atoms with Crippen LogP contribution in [0.2, 0.25) is 0 Å². The fraction of sp³-hybridized carbons (Fsp3) is 0.417. The molecule has 0 aromatic heterocycles. The van der Waals surface area contributed by atoms with E-state index in [2.05, 4.69) is 0 Å². The van der Waals surface area contributed by atoms with Gasteiger partial charge in [0, 0.05) is 25.2 Å². The Morgan fingerprint density at radius 1 is 1.24 bits per heavy atom. The number of aliphatic hydroxyl groups is 2. The quantitative estimate of drug-likeness (QED) is 0.420. The van der Waals surface area contributed by atoms with Crippen LogP contribution in [-0.4, -0.2) is 46.2 Å². The van der Waals surface area contributed by atoms with Crippen molar-refractivity contribution in [1.29, 1.82) is 5.41 Å². The molecule has 0 spiro atoms. The zero-order chi connectivity index (χ0) is 12.4. The minimum absolute atomic E-state index is 0.0589. The Bertz CT molecular complexity index is 395. The van der Waals surface area contributed by atoms with Gasteiger partial charge in [0.2, 0.25) is 0 Å². The maximum Gasteiger partial charge on any atom is 0.122 e. The number of nitrogen functional groups attached to an aromatic ring is 1. The summed E-state index contributed by atoms with van der Waals surface area (Å²) >= 11 is 0. The van der Waals surface area contributed by atoms with Crippen LogP contribution in [0.25, 0.3) is 0 Å². The molecule has 92 valence electrons. The minimum atomic E-state index is -0.647. The van der Waals surface area contributed by atoms with Crippen LogP contribution in [0.5, 0.6) is 0 Å². The van der Waals surface area contributed by atoms with Gasteiger partial charge in [-0.1, -0.05) is 24.3 Å². The lowest BCUT2D eigenvalue weighted by molar-refractivity contribution is 0.0572. The topological polar surface area (TPSA) is 93.6 Å². The number of benzene rings is 1. The first kappa shape index (κ1) is 12.0. The second kappa shape index (κ2) is 4.83. The van der Waals surface area contributed by atoms with Crippen molar-refractivity contribution < 1.29 is 10.2 Å². The third kappa shape index (κ3) is 2.82. The first-order chi connectivity index (χ1) is 8.06. The Morgan fingerprint density at radius 2 is 1.76 bits per heavy atom. The molecule has 5 heteroatoms. The molecule has 0 bridgehead atoms. The highest BCUT2D eigenvalue weighted by molar-refractivity contribution is 5.94. The molecule has 2 unspecified atom stereocenters. The molecule has 1 aliphatic rings. The van der Waals surface area contributed by atoms with Crippen molar-refractivity contribution in [2.45, 2.75) is 18.8 Å². The van der Waals surface area contributed by atoms with E-state index in [1.807, 2.05) is 17.0 Å². The fourth-order valence-corrected chi connectivity index (χ4v) is 2.02. The molecule has 1 heterocycles. The van der Waals surface area contributed by atoms with Crippen LogP contribution in [-0.2, 0) is 6.54 Å². The summed E-state index contributed by atoms with van der Waals surface area (Å²) in [7, 11) is 0. The molecule has 2 rings (SSSR count). The van der Waals surface area contributed by atoms with E-state index >= 15 is 0 Å². The minimum Gasteiger partial charge on any atom is -0.389 e. The van der Waals surface area contributed by atoms with Gasteiger partial charge in [-0.25, -0.2) is 0 Å². The second-order valence-corrected chi connectivity index (χ2v) is 4.44. The SMILES string of the molecule is N=C(N)c1ccc(CN2CC(O)C(O)C2)cc1. The molecule has 1 aliphatic heterocycles. The molecule has 5 nitrogen and oxygen atoms in total. The van der Waals surface area contributed by atoms with Gasteiger partial charge in [-0.05, 0) is 5.56 Å². The number of rotatable bonds is 3. The van der Waals surface area contributed by atoms with E-state index in [4.69, 9.17) is 11.1 Å². The van der Waals surface area contributed by atoms with Crippen LogP contribution < -0.4 is 5.73 Å². The smallest absolute Gasteiger partial charge is 0.122 e. The normalized spacial score (nSPS) is 25.1. The number of nitrogens with zero attached hydrogens (tertiary/aromatic N) is 1. The van der Waals surface area contributed by atoms with Crippen molar-refractivity contribution in [3.63, 3.8) is 0 Å². The Balaban J connectivity index is 1.98. The molecule has 0 amide bonds. The fourth-order valence-electron chi connectivity index (χ4n) is 2.02. The van der Waals surface area contributed by atoms with E-state index in [0.29, 0.717) is 25.2 Å². The lowest BCUT2D eigenvalue weighted by atomic mass is 10.1. The summed E-state index contributed by atoms with van der Waals surface area (Å²) in [5, 5.41) is 26.1. The Kier molecular flexibility index (Phi) is 3.42. The van der Waals surface area contributed by atoms with Gasteiger partial charge in [0.25, 0.3) is 0 Å². The van der Waals surface area contributed by atoms with Crippen LogP contribution >= 0.6 is 0 Å². The largest absolute Gasteiger partial charge is 0.389 e. The summed E-state index contributed by atoms with van der Waals surface area (Å²) in [6, 6.07) is 7.43. The molecule has 0 saturated carbocycles. The van der Waals surface area contributed by atoms with Crippen molar-refractivity contribution in [3.8, 4) is 0 Å². The summed E-state index contributed by atoms with van der Waals surface area (Å²) in [5.41, 5.74) is 7.15. The molecular formula is C12H17N3O2. The number of β-amino-alcohol motifs (C(OH)–C–C–N with tert-alkyl or cyclic N) is 2. The number of likely N-dealkylation sites (tertiary alicyclic amines) is 1. The van der Waals surface area contributed by atoms with Crippen LogP contribution in [0.15, 0.2) is 24.3 Å². The van der Waals surface area contributed by atoms with E-state index in [0.717, 1.165) is 5.56 Å². The maximum absolute atomic E-state index is 9.43. The Hall–Kier alpha value is -1.43. The highest BCUT2D eigenvalue weighted by atomic mass is 16.3. The summed E-state index contributed by atoms with van der Waals surface area (Å²) in [6.07, 6.45) is -1.29. The average Bonchev–Trinajstić information content (AvgIpc) is 2.58. The molecule has 17 heavy (non-hydrogen) atoms. The van der Waals surface area contributed by atoms with E-state index in [-0.39, 0.29) is 5.84 Å². The van der Waals surface area contributed by atoms with Gasteiger partial charge < -0.3 is 15.9 Å². The molecule has 0 radical (unpaired) electrons. The third-order valence-electron chi connectivity index (χ3n) is 3.01. The number of hydrogen-bond acceptors (Lipinski definition) is 4. The molecule has 1 aromatic carbocycles. The van der Waals surface area contributed by atoms with Gasteiger partial charge in [0.15, 0.2) is 0 Å². The van der Waals surface area contributed by atoms with Crippen LogP contribution in [0.4, 0.5) is 0 Å². The summed E-state index contributed by atoms with van der Waals surface area (Å²) < 4.78 is 0. The zero-order valence-electron chi connectivity index (χ0n) is 9.50. The summed E-state index contributed by atoms with van der Waals surface area (Å²) in [4.78, 5) is 2.00. The first-order valence-electron chi connectivity index (χ1n) is 5.58. The molecule has 1 fully saturated rings. The maximum atomic E-state index is 9.43. The molecule has 1 aromatic rings. The zero-order valence-corrected chi connectivity index (χ0v) is 9.50. The Morgan fingerprint density at radius 3 is 2.24 bits per heavy atom. The standard InChI is InChI=1S/C12H17N3O2/c13-12(14)9-3-1-8(2-4-9)5-15-6-10(16)11(17)7-15/h1-4,10-11,16-17H,5-7H2,(H3,13,14). The van der Waals surface area contributed by atoms with Crippen molar-refractivity contribution in [2.75, 3.05) is 13.1 Å². The van der Waals surface area contributed by atoms with Crippen LogP contribution in [0.1, 0.15) is 11.1 Å². The van der Waals surface area contributed by atoms with Gasteiger partial charge in [0.05, 0.1) is 12.2 Å². The van der Waals surface area contributed by atoms with Crippen molar-refractivity contribution in [3.05, 3.63) is 35.4 Å². The predicted octanol–water partition coefficient (Wildman–Crippen LogP) is -0.492. The van der Waals surface area contributed by atoms with Crippen molar-refractivity contribution >= 4 is 5.84 Å². The summed E-state index contributed by atoms with van der Waals surface area (Å²) in [6.45, 7) is 1.68. The molecule has 2 atom stereocenters. The molecular weight excluding hydrogens is 218 g/mol. The molecule has 5 N–H and O–H groups in total. The average molecular weight is 235 g/mol. The lowest BCUT2D eigenvalue weighted by Crippen LogP contribution is -2.22. The predicted molar refractivity (Wildman–Crippen MR) is 64.7 cm³/mol. The number of amidine groups is 1. The van der Waals surface area contributed by atoms with E-state index < -0.39 is 12.2 Å². The third-order valence-corrected chi connectivity index (χ3v) is 3.01.